The summed E-state index contributed by atoms with van der Waals surface area (Å²) in [6.07, 6.45) is 0. The first-order chi connectivity index (χ1) is 8.19. The number of hydrogen-bond acceptors (Lipinski definition) is 3. The van der Waals surface area contributed by atoms with Crippen molar-refractivity contribution < 1.29 is 9.90 Å². The molecule has 94 valence electrons. The van der Waals surface area contributed by atoms with Crippen LogP contribution in [0.2, 0.25) is 0 Å². The SMILES string of the molecule is CC(CN)C(=O)N(CCO)Cc1ccccc1. The van der Waals surface area contributed by atoms with Gasteiger partial charge in [0.25, 0.3) is 0 Å². The van der Waals surface area contributed by atoms with E-state index in [0.717, 1.165) is 5.56 Å². The largest absolute Gasteiger partial charge is 0.395 e. The summed E-state index contributed by atoms with van der Waals surface area (Å²) in [4.78, 5) is 13.6. The van der Waals surface area contributed by atoms with Crippen molar-refractivity contribution in [1.29, 1.82) is 0 Å². The van der Waals surface area contributed by atoms with Crippen molar-refractivity contribution >= 4 is 5.91 Å². The van der Waals surface area contributed by atoms with E-state index >= 15 is 0 Å². The molecule has 1 rings (SSSR count). The molecule has 0 saturated carbocycles. The minimum Gasteiger partial charge on any atom is -0.395 e. The van der Waals surface area contributed by atoms with Crippen LogP contribution in [0.25, 0.3) is 0 Å². The standard InChI is InChI=1S/C13H20N2O2/c1-11(9-14)13(17)15(7-8-16)10-12-5-3-2-4-6-12/h2-6,11,16H,7-10,14H2,1H3. The highest BCUT2D eigenvalue weighted by molar-refractivity contribution is 5.78. The molecule has 0 bridgehead atoms. The van der Waals surface area contributed by atoms with Crippen molar-refractivity contribution in [3.05, 3.63) is 35.9 Å². The van der Waals surface area contributed by atoms with Crippen molar-refractivity contribution in [1.82, 2.24) is 4.90 Å². The Morgan fingerprint density at radius 3 is 2.59 bits per heavy atom. The molecular weight excluding hydrogens is 216 g/mol. The molecule has 1 aromatic rings. The smallest absolute Gasteiger partial charge is 0.227 e. The van der Waals surface area contributed by atoms with Gasteiger partial charge in [-0.3, -0.25) is 4.79 Å². The van der Waals surface area contributed by atoms with Crippen LogP contribution in [0.15, 0.2) is 30.3 Å². The molecule has 0 radical (unpaired) electrons. The van der Waals surface area contributed by atoms with Crippen molar-refractivity contribution in [2.24, 2.45) is 11.7 Å². The lowest BCUT2D eigenvalue weighted by Crippen LogP contribution is -2.39. The van der Waals surface area contributed by atoms with Crippen LogP contribution in [0, 0.1) is 5.92 Å². The van der Waals surface area contributed by atoms with Gasteiger partial charge in [0.1, 0.15) is 0 Å². The normalized spacial score (nSPS) is 12.2. The lowest BCUT2D eigenvalue weighted by atomic mass is 10.1. The minimum absolute atomic E-state index is 0.00889. The number of rotatable bonds is 6. The average molecular weight is 236 g/mol. The fourth-order valence-corrected chi connectivity index (χ4v) is 1.60. The number of nitrogens with two attached hydrogens (primary N) is 1. The maximum atomic E-state index is 12.0. The summed E-state index contributed by atoms with van der Waals surface area (Å²) in [7, 11) is 0. The number of aliphatic hydroxyl groups is 1. The number of aliphatic hydroxyl groups excluding tert-OH is 1. The minimum atomic E-state index is -0.203. The fourth-order valence-electron chi connectivity index (χ4n) is 1.60. The third kappa shape index (κ3) is 4.17. The van der Waals surface area contributed by atoms with Gasteiger partial charge in [0, 0.05) is 25.6 Å². The molecule has 1 aromatic carbocycles. The Morgan fingerprint density at radius 2 is 2.06 bits per heavy atom. The summed E-state index contributed by atoms with van der Waals surface area (Å²) in [5.74, 6) is -0.212. The third-order valence-electron chi connectivity index (χ3n) is 2.67. The van der Waals surface area contributed by atoms with Gasteiger partial charge in [0.05, 0.1) is 6.61 Å². The highest BCUT2D eigenvalue weighted by Gasteiger charge is 2.18. The van der Waals surface area contributed by atoms with Crippen molar-refractivity contribution in [3.8, 4) is 0 Å². The van der Waals surface area contributed by atoms with Crippen LogP contribution in [0.4, 0.5) is 0 Å². The Balaban J connectivity index is 2.69. The molecule has 3 N–H and O–H groups in total. The van der Waals surface area contributed by atoms with Crippen LogP contribution < -0.4 is 5.73 Å². The number of carbonyl (C=O) groups excluding carboxylic acids is 1. The van der Waals surface area contributed by atoms with E-state index in [-0.39, 0.29) is 18.4 Å². The molecule has 0 fully saturated rings. The number of benzene rings is 1. The van der Waals surface area contributed by atoms with E-state index in [1.807, 2.05) is 30.3 Å². The molecule has 4 heteroatoms. The second kappa shape index (κ2) is 7.04. The van der Waals surface area contributed by atoms with E-state index in [1.54, 1.807) is 11.8 Å². The molecule has 0 aromatic heterocycles. The number of carbonyl (C=O) groups is 1. The molecular formula is C13H20N2O2. The summed E-state index contributed by atoms with van der Waals surface area (Å²) < 4.78 is 0. The number of hydrogen-bond donors (Lipinski definition) is 2. The van der Waals surface area contributed by atoms with Crippen LogP contribution in [0.1, 0.15) is 12.5 Å². The van der Waals surface area contributed by atoms with E-state index < -0.39 is 0 Å². The second-order valence-electron chi connectivity index (χ2n) is 4.11. The molecule has 1 atom stereocenters. The van der Waals surface area contributed by atoms with Crippen LogP contribution in [0.5, 0.6) is 0 Å². The molecule has 0 aliphatic carbocycles. The Bertz CT molecular complexity index is 341. The summed E-state index contributed by atoms with van der Waals surface area (Å²) in [6, 6.07) is 9.73. The molecule has 4 nitrogen and oxygen atoms in total. The lowest BCUT2D eigenvalue weighted by molar-refractivity contribution is -0.135. The van der Waals surface area contributed by atoms with Crippen molar-refractivity contribution in [3.63, 3.8) is 0 Å². The Kier molecular flexibility index (Phi) is 5.66. The first-order valence-corrected chi connectivity index (χ1v) is 5.82. The van der Waals surface area contributed by atoms with E-state index in [4.69, 9.17) is 10.8 Å². The zero-order valence-corrected chi connectivity index (χ0v) is 10.2. The Morgan fingerprint density at radius 1 is 1.41 bits per heavy atom. The highest BCUT2D eigenvalue weighted by Crippen LogP contribution is 2.08. The third-order valence-corrected chi connectivity index (χ3v) is 2.67. The molecule has 0 saturated heterocycles. The fraction of sp³-hybridized carbons (Fsp3) is 0.462. The van der Waals surface area contributed by atoms with Crippen LogP contribution in [-0.4, -0.2) is 35.6 Å². The van der Waals surface area contributed by atoms with Gasteiger partial charge in [0.15, 0.2) is 0 Å². The van der Waals surface area contributed by atoms with Gasteiger partial charge >= 0.3 is 0 Å². The average Bonchev–Trinajstić information content (AvgIpc) is 2.37. The van der Waals surface area contributed by atoms with Gasteiger partial charge in [-0.05, 0) is 5.56 Å². The molecule has 1 unspecified atom stereocenters. The van der Waals surface area contributed by atoms with Crippen molar-refractivity contribution in [2.45, 2.75) is 13.5 Å². The van der Waals surface area contributed by atoms with Crippen LogP contribution >= 0.6 is 0 Å². The second-order valence-corrected chi connectivity index (χ2v) is 4.11. The first-order valence-electron chi connectivity index (χ1n) is 5.82. The number of nitrogens with zero attached hydrogens (tertiary/aromatic N) is 1. The van der Waals surface area contributed by atoms with Gasteiger partial charge in [-0.15, -0.1) is 0 Å². The first kappa shape index (κ1) is 13.7. The topological polar surface area (TPSA) is 66.6 Å². The molecule has 1 amide bonds. The summed E-state index contributed by atoms with van der Waals surface area (Å²) in [5, 5.41) is 8.99. The van der Waals surface area contributed by atoms with E-state index in [2.05, 4.69) is 0 Å². The predicted octanol–water partition coefficient (Wildman–Crippen LogP) is 0.602. The Hall–Kier alpha value is -1.39. The quantitative estimate of drug-likeness (QED) is 0.760. The summed E-state index contributed by atoms with van der Waals surface area (Å²) >= 11 is 0. The lowest BCUT2D eigenvalue weighted by Gasteiger charge is -2.24. The molecule has 0 aliphatic heterocycles. The molecule has 17 heavy (non-hydrogen) atoms. The van der Waals surface area contributed by atoms with Crippen LogP contribution in [-0.2, 0) is 11.3 Å². The summed E-state index contributed by atoms with van der Waals surface area (Å²) in [6.45, 7) is 2.96. The molecule has 0 aliphatic rings. The zero-order valence-electron chi connectivity index (χ0n) is 10.2. The van der Waals surface area contributed by atoms with Crippen LogP contribution in [0.3, 0.4) is 0 Å². The van der Waals surface area contributed by atoms with Gasteiger partial charge in [-0.1, -0.05) is 37.3 Å². The number of amides is 1. The monoisotopic (exact) mass is 236 g/mol. The molecule has 0 spiro atoms. The van der Waals surface area contributed by atoms with Crippen molar-refractivity contribution in [2.75, 3.05) is 19.7 Å². The van der Waals surface area contributed by atoms with Gasteiger partial charge < -0.3 is 15.7 Å². The van der Waals surface area contributed by atoms with Gasteiger partial charge in [0.2, 0.25) is 5.91 Å². The van der Waals surface area contributed by atoms with E-state index in [0.29, 0.717) is 19.6 Å². The highest BCUT2D eigenvalue weighted by atomic mass is 16.3. The predicted molar refractivity (Wildman–Crippen MR) is 67.2 cm³/mol. The van der Waals surface area contributed by atoms with Gasteiger partial charge in [-0.25, -0.2) is 0 Å². The van der Waals surface area contributed by atoms with E-state index in [9.17, 15) is 4.79 Å². The van der Waals surface area contributed by atoms with Gasteiger partial charge in [-0.2, -0.15) is 0 Å². The molecule has 0 heterocycles. The van der Waals surface area contributed by atoms with E-state index in [1.165, 1.54) is 0 Å². The zero-order chi connectivity index (χ0) is 12.7. The Labute approximate surface area is 102 Å². The summed E-state index contributed by atoms with van der Waals surface area (Å²) in [5.41, 5.74) is 6.54. The maximum Gasteiger partial charge on any atom is 0.227 e. The maximum absolute atomic E-state index is 12.0.